The summed E-state index contributed by atoms with van der Waals surface area (Å²) in [5, 5.41) is 3.57. The summed E-state index contributed by atoms with van der Waals surface area (Å²) < 4.78 is 10.7. The molecule has 4 nitrogen and oxygen atoms in total. The van der Waals surface area contributed by atoms with Crippen LogP contribution >= 0.6 is 0 Å². The molecule has 0 saturated carbocycles. The van der Waals surface area contributed by atoms with Gasteiger partial charge in [0, 0.05) is 32.8 Å². The lowest BCUT2D eigenvalue weighted by atomic mass is 10.1. The van der Waals surface area contributed by atoms with E-state index < -0.39 is 0 Å². The molecular weight excluding hydrogens is 264 g/mol. The first-order chi connectivity index (χ1) is 10.3. The summed E-state index contributed by atoms with van der Waals surface area (Å²) in [6.07, 6.45) is 2.58. The molecule has 21 heavy (non-hydrogen) atoms. The molecule has 0 spiro atoms. The average molecular weight is 292 g/mol. The predicted octanol–water partition coefficient (Wildman–Crippen LogP) is 2.29. The fraction of sp³-hybridized carbons (Fsp3) is 0.647. The van der Waals surface area contributed by atoms with Crippen molar-refractivity contribution < 1.29 is 9.47 Å². The second kappa shape index (κ2) is 9.03. The van der Waals surface area contributed by atoms with Gasteiger partial charge in [-0.1, -0.05) is 12.1 Å². The molecule has 118 valence electrons. The highest BCUT2D eigenvalue weighted by atomic mass is 16.5. The van der Waals surface area contributed by atoms with E-state index in [2.05, 4.69) is 34.5 Å². The Balaban J connectivity index is 1.89. The number of hydrogen-bond acceptors (Lipinski definition) is 4. The minimum Gasteiger partial charge on any atom is -0.494 e. The number of methoxy groups -OCH3 is 1. The minimum atomic E-state index is 0.629. The number of hydrogen-bond donors (Lipinski definition) is 1. The highest BCUT2D eigenvalue weighted by Crippen LogP contribution is 2.15. The predicted molar refractivity (Wildman–Crippen MR) is 85.8 cm³/mol. The van der Waals surface area contributed by atoms with E-state index in [0.29, 0.717) is 12.6 Å². The van der Waals surface area contributed by atoms with Crippen LogP contribution in [0.5, 0.6) is 5.75 Å². The van der Waals surface area contributed by atoms with Crippen molar-refractivity contribution in [3.05, 3.63) is 29.8 Å². The van der Waals surface area contributed by atoms with Gasteiger partial charge in [0.1, 0.15) is 5.75 Å². The van der Waals surface area contributed by atoms with E-state index in [1.165, 1.54) is 18.4 Å². The van der Waals surface area contributed by atoms with Crippen LogP contribution in [0.4, 0.5) is 0 Å². The molecule has 1 atom stereocenters. The van der Waals surface area contributed by atoms with Crippen LogP contribution in [0.25, 0.3) is 0 Å². The number of rotatable bonds is 9. The van der Waals surface area contributed by atoms with E-state index in [-0.39, 0.29) is 0 Å². The third-order valence-corrected chi connectivity index (χ3v) is 3.89. The van der Waals surface area contributed by atoms with Crippen LogP contribution in [-0.2, 0) is 11.3 Å². The van der Waals surface area contributed by atoms with Crippen LogP contribution in [0.15, 0.2) is 24.3 Å². The van der Waals surface area contributed by atoms with E-state index in [1.54, 1.807) is 7.11 Å². The maximum absolute atomic E-state index is 5.49. The van der Waals surface area contributed by atoms with Crippen molar-refractivity contribution in [2.24, 2.45) is 0 Å². The van der Waals surface area contributed by atoms with Gasteiger partial charge in [-0.15, -0.1) is 0 Å². The highest BCUT2D eigenvalue weighted by Gasteiger charge is 2.17. The van der Waals surface area contributed by atoms with Gasteiger partial charge >= 0.3 is 0 Å². The molecule has 1 aromatic rings. The van der Waals surface area contributed by atoms with Crippen molar-refractivity contribution in [3.63, 3.8) is 0 Å². The summed E-state index contributed by atoms with van der Waals surface area (Å²) in [7, 11) is 1.77. The van der Waals surface area contributed by atoms with Gasteiger partial charge in [0.25, 0.3) is 0 Å². The monoisotopic (exact) mass is 292 g/mol. The molecule has 0 aromatic heterocycles. The lowest BCUT2D eigenvalue weighted by Gasteiger charge is -2.25. The van der Waals surface area contributed by atoms with Gasteiger partial charge in [0.2, 0.25) is 0 Å². The molecule has 0 radical (unpaired) electrons. The van der Waals surface area contributed by atoms with Crippen LogP contribution < -0.4 is 10.1 Å². The largest absolute Gasteiger partial charge is 0.494 e. The van der Waals surface area contributed by atoms with Crippen LogP contribution in [0.2, 0.25) is 0 Å². The molecule has 4 heteroatoms. The first kappa shape index (κ1) is 16.3. The second-order valence-electron chi connectivity index (χ2n) is 5.60. The van der Waals surface area contributed by atoms with Crippen molar-refractivity contribution in [3.8, 4) is 5.75 Å². The third kappa shape index (κ3) is 5.65. The fourth-order valence-corrected chi connectivity index (χ4v) is 2.80. The van der Waals surface area contributed by atoms with Crippen LogP contribution in [0.1, 0.15) is 25.3 Å². The Morgan fingerprint density at radius 1 is 1.29 bits per heavy atom. The quantitative estimate of drug-likeness (QED) is 0.757. The zero-order valence-corrected chi connectivity index (χ0v) is 13.3. The van der Waals surface area contributed by atoms with Crippen LogP contribution in [0, 0.1) is 0 Å². The fourth-order valence-electron chi connectivity index (χ4n) is 2.80. The van der Waals surface area contributed by atoms with Crippen molar-refractivity contribution in [1.29, 1.82) is 0 Å². The topological polar surface area (TPSA) is 33.7 Å². The Kier molecular flexibility index (Phi) is 7.00. The Bertz CT molecular complexity index is 388. The smallest absolute Gasteiger partial charge is 0.119 e. The van der Waals surface area contributed by atoms with E-state index in [0.717, 1.165) is 38.5 Å². The number of nitrogens with one attached hydrogen (secondary N) is 1. The number of ether oxygens (including phenoxy) is 2. The van der Waals surface area contributed by atoms with E-state index in [4.69, 9.17) is 9.47 Å². The zero-order valence-electron chi connectivity index (χ0n) is 13.3. The zero-order chi connectivity index (χ0) is 14.9. The van der Waals surface area contributed by atoms with Crippen molar-refractivity contribution in [2.75, 3.05) is 40.0 Å². The molecule has 1 saturated heterocycles. The summed E-state index contributed by atoms with van der Waals surface area (Å²) >= 11 is 0. The molecule has 1 heterocycles. The van der Waals surface area contributed by atoms with E-state index >= 15 is 0 Å². The first-order valence-electron chi connectivity index (χ1n) is 7.98. The summed E-state index contributed by atoms with van der Waals surface area (Å²) in [6, 6.07) is 9.06. The Hall–Kier alpha value is -1.10. The molecule has 1 aromatic carbocycles. The lowest BCUT2D eigenvalue weighted by Crippen LogP contribution is -2.38. The Morgan fingerprint density at radius 3 is 2.71 bits per heavy atom. The van der Waals surface area contributed by atoms with E-state index in [9.17, 15) is 0 Å². The van der Waals surface area contributed by atoms with Crippen molar-refractivity contribution in [2.45, 2.75) is 32.4 Å². The van der Waals surface area contributed by atoms with Gasteiger partial charge in [-0.3, -0.25) is 4.90 Å². The van der Waals surface area contributed by atoms with Gasteiger partial charge < -0.3 is 14.8 Å². The number of nitrogens with zero attached hydrogens (tertiary/aromatic N) is 1. The molecule has 1 N–H and O–H groups in total. The Labute approximate surface area is 128 Å². The molecule has 0 amide bonds. The molecule has 1 fully saturated rings. The highest BCUT2D eigenvalue weighted by molar-refractivity contribution is 5.27. The second-order valence-corrected chi connectivity index (χ2v) is 5.60. The summed E-state index contributed by atoms with van der Waals surface area (Å²) in [5.41, 5.74) is 1.33. The summed E-state index contributed by atoms with van der Waals surface area (Å²) in [4.78, 5) is 2.47. The van der Waals surface area contributed by atoms with Crippen molar-refractivity contribution >= 4 is 0 Å². The van der Waals surface area contributed by atoms with Gasteiger partial charge in [0.05, 0.1) is 13.2 Å². The van der Waals surface area contributed by atoms with E-state index in [1.807, 2.05) is 6.92 Å². The summed E-state index contributed by atoms with van der Waals surface area (Å²) in [6.45, 7) is 7.70. The summed E-state index contributed by atoms with van der Waals surface area (Å²) in [5.74, 6) is 0.946. The molecule has 0 aliphatic carbocycles. The standard InChI is InChI=1S/C17H28N2O2/c1-3-21-17-8-6-15(7-9-17)13-19(11-12-20-2)14-16-5-4-10-18-16/h6-9,16,18H,3-5,10-14H2,1-2H3. The maximum Gasteiger partial charge on any atom is 0.119 e. The molecular formula is C17H28N2O2. The van der Waals surface area contributed by atoms with Crippen molar-refractivity contribution in [1.82, 2.24) is 10.2 Å². The molecule has 0 bridgehead atoms. The third-order valence-electron chi connectivity index (χ3n) is 3.89. The molecule has 2 rings (SSSR count). The van der Waals surface area contributed by atoms with Gasteiger partial charge in [-0.2, -0.15) is 0 Å². The number of benzene rings is 1. The average Bonchev–Trinajstić information content (AvgIpc) is 3.00. The van der Waals surface area contributed by atoms with Gasteiger partial charge in [-0.25, -0.2) is 0 Å². The minimum absolute atomic E-state index is 0.629. The first-order valence-corrected chi connectivity index (χ1v) is 7.98. The van der Waals surface area contributed by atoms with Gasteiger partial charge in [0.15, 0.2) is 0 Å². The Morgan fingerprint density at radius 2 is 2.10 bits per heavy atom. The van der Waals surface area contributed by atoms with Crippen LogP contribution in [-0.4, -0.2) is 50.9 Å². The van der Waals surface area contributed by atoms with Crippen LogP contribution in [0.3, 0.4) is 0 Å². The normalized spacial score (nSPS) is 18.3. The molecule has 1 aliphatic heterocycles. The lowest BCUT2D eigenvalue weighted by molar-refractivity contribution is 0.138. The SMILES string of the molecule is CCOc1ccc(CN(CCOC)CC2CCCN2)cc1. The molecule has 1 aliphatic rings. The molecule has 1 unspecified atom stereocenters. The maximum atomic E-state index is 5.49. The van der Waals surface area contributed by atoms with Gasteiger partial charge in [-0.05, 0) is 44.0 Å².